The maximum absolute atomic E-state index is 13.1. The number of aromatic nitrogens is 2. The Bertz CT molecular complexity index is 656. The van der Waals surface area contributed by atoms with Gasteiger partial charge in [0.05, 0.1) is 5.69 Å². The van der Waals surface area contributed by atoms with Crippen molar-refractivity contribution in [3.63, 3.8) is 0 Å². The largest absolute Gasteiger partial charge is 0.433 e. The van der Waals surface area contributed by atoms with E-state index in [1.54, 1.807) is 24.0 Å². The predicted octanol–water partition coefficient (Wildman–Crippen LogP) is 4.24. The topological polar surface area (TPSA) is 29.0 Å². The number of fused-ring (bicyclic) bond motifs is 1. The second-order valence-corrected chi connectivity index (χ2v) is 5.47. The highest BCUT2D eigenvalue weighted by atomic mass is 35.5. The number of rotatable bonds is 5. The summed E-state index contributed by atoms with van der Waals surface area (Å²) in [6, 6.07) is 4.48. The molecule has 0 aliphatic carbocycles. The lowest BCUT2D eigenvalue weighted by Gasteiger charge is -2.25. The molecule has 0 radical (unpaired) electrons. The lowest BCUT2D eigenvalue weighted by atomic mass is 10.1. The lowest BCUT2D eigenvalue weighted by Crippen LogP contribution is -2.28. The average Bonchev–Trinajstić information content (AvgIpc) is 2.44. The smallest absolute Gasteiger partial charge is 0.368 e. The first-order valence-corrected chi connectivity index (χ1v) is 7.66. The highest BCUT2D eigenvalue weighted by Crippen LogP contribution is 2.34. The van der Waals surface area contributed by atoms with Gasteiger partial charge in [-0.05, 0) is 25.1 Å². The van der Waals surface area contributed by atoms with E-state index in [-0.39, 0.29) is 17.4 Å². The summed E-state index contributed by atoms with van der Waals surface area (Å²) < 4.78 is 39.2. The van der Waals surface area contributed by atoms with Crippen LogP contribution in [0, 0.1) is 6.92 Å². The highest BCUT2D eigenvalue weighted by molar-refractivity contribution is 6.18. The van der Waals surface area contributed by atoms with Crippen LogP contribution in [0.4, 0.5) is 18.9 Å². The van der Waals surface area contributed by atoms with Crippen molar-refractivity contribution in [2.24, 2.45) is 0 Å². The molecule has 0 N–H and O–H groups in total. The van der Waals surface area contributed by atoms with Crippen LogP contribution in [0.2, 0.25) is 0 Å². The van der Waals surface area contributed by atoms with Gasteiger partial charge in [-0.2, -0.15) is 13.2 Å². The van der Waals surface area contributed by atoms with E-state index in [1.807, 2.05) is 0 Å². The molecule has 8 heteroatoms. The maximum atomic E-state index is 13.1. The Balaban J connectivity index is 2.68. The van der Waals surface area contributed by atoms with Gasteiger partial charge in [0.15, 0.2) is 5.65 Å². The van der Waals surface area contributed by atoms with Crippen molar-refractivity contribution < 1.29 is 13.2 Å². The zero-order valence-electron chi connectivity index (χ0n) is 11.8. The second-order valence-electron chi connectivity index (χ2n) is 4.71. The van der Waals surface area contributed by atoms with E-state index < -0.39 is 11.9 Å². The third-order valence-corrected chi connectivity index (χ3v) is 3.47. The first kappa shape index (κ1) is 17.1. The number of nitrogens with zero attached hydrogens (tertiary/aromatic N) is 3. The molecule has 0 fully saturated rings. The molecule has 0 aliphatic heterocycles. The summed E-state index contributed by atoms with van der Waals surface area (Å²) >= 11 is 11.5. The molecule has 0 saturated carbocycles. The zero-order chi connectivity index (χ0) is 16.3. The molecule has 120 valence electrons. The maximum Gasteiger partial charge on any atom is 0.433 e. The van der Waals surface area contributed by atoms with Crippen molar-refractivity contribution in [2.75, 3.05) is 29.7 Å². The van der Waals surface area contributed by atoms with Gasteiger partial charge < -0.3 is 4.90 Å². The van der Waals surface area contributed by atoms with Crippen molar-refractivity contribution in [1.29, 1.82) is 0 Å². The highest BCUT2D eigenvalue weighted by Gasteiger charge is 2.34. The molecule has 0 unspecified atom stereocenters. The molecule has 2 aromatic rings. The van der Waals surface area contributed by atoms with Gasteiger partial charge in [-0.25, -0.2) is 9.97 Å². The fraction of sp³-hybridized carbons (Fsp3) is 0.429. The summed E-state index contributed by atoms with van der Waals surface area (Å²) in [6.07, 6.45) is -4.54. The van der Waals surface area contributed by atoms with Crippen LogP contribution in [0.5, 0.6) is 0 Å². The summed E-state index contributed by atoms with van der Waals surface area (Å²) in [7, 11) is 0. The fourth-order valence-corrected chi connectivity index (χ4v) is 2.55. The molecule has 0 spiro atoms. The average molecular weight is 352 g/mol. The van der Waals surface area contributed by atoms with Crippen molar-refractivity contribution >= 4 is 39.9 Å². The van der Waals surface area contributed by atoms with E-state index in [1.165, 1.54) is 0 Å². The molecule has 0 atom stereocenters. The summed E-state index contributed by atoms with van der Waals surface area (Å²) in [5.41, 5.74) is 0.0962. The first-order valence-electron chi connectivity index (χ1n) is 6.59. The Morgan fingerprint density at radius 1 is 1.09 bits per heavy atom. The molecule has 22 heavy (non-hydrogen) atoms. The number of aryl methyl sites for hydroxylation is 1. The third-order valence-electron chi connectivity index (χ3n) is 3.13. The summed E-state index contributed by atoms with van der Waals surface area (Å²) in [6.45, 7) is 2.48. The molecular formula is C14H14Cl2F3N3. The van der Waals surface area contributed by atoms with Crippen molar-refractivity contribution in [3.8, 4) is 0 Å². The van der Waals surface area contributed by atoms with Gasteiger partial charge in [-0.3, -0.25) is 0 Å². The van der Waals surface area contributed by atoms with Crippen LogP contribution in [0.1, 0.15) is 11.4 Å². The second kappa shape index (κ2) is 6.87. The Morgan fingerprint density at radius 3 is 2.27 bits per heavy atom. The van der Waals surface area contributed by atoms with Crippen LogP contribution in [-0.4, -0.2) is 34.8 Å². The Hall–Kier alpha value is -1.27. The zero-order valence-corrected chi connectivity index (χ0v) is 13.3. The SMILES string of the molecule is Cc1ccc2c(N(CCCl)CCCl)cc(C(F)(F)F)nc2n1. The van der Waals surface area contributed by atoms with Crippen LogP contribution < -0.4 is 4.90 Å². The van der Waals surface area contributed by atoms with E-state index >= 15 is 0 Å². The van der Waals surface area contributed by atoms with Gasteiger partial charge in [0.2, 0.25) is 0 Å². The molecule has 2 aromatic heterocycles. The van der Waals surface area contributed by atoms with Crippen molar-refractivity contribution in [3.05, 3.63) is 29.6 Å². The molecule has 0 amide bonds. The quantitative estimate of drug-likeness (QED) is 0.754. The standard InChI is InChI=1S/C14H14Cl2F3N3/c1-9-2-3-10-11(22(6-4-15)7-5-16)8-12(14(17,18)19)21-13(10)20-9/h2-3,8H,4-7H2,1H3. The van der Waals surface area contributed by atoms with Crippen LogP contribution in [0.3, 0.4) is 0 Å². The minimum atomic E-state index is -4.54. The molecular weight excluding hydrogens is 338 g/mol. The van der Waals surface area contributed by atoms with Gasteiger partial charge in [0, 0.05) is 35.9 Å². The Labute approximate surface area is 136 Å². The molecule has 0 bridgehead atoms. The first-order chi connectivity index (χ1) is 10.4. The number of hydrogen-bond donors (Lipinski definition) is 0. The predicted molar refractivity (Wildman–Crippen MR) is 82.9 cm³/mol. The van der Waals surface area contributed by atoms with Gasteiger partial charge >= 0.3 is 6.18 Å². The number of halogens is 5. The van der Waals surface area contributed by atoms with Gasteiger partial charge in [-0.15, -0.1) is 23.2 Å². The summed E-state index contributed by atoms with van der Waals surface area (Å²) in [5, 5.41) is 0.550. The number of hydrogen-bond acceptors (Lipinski definition) is 3. The van der Waals surface area contributed by atoms with E-state index in [9.17, 15) is 13.2 Å². The normalized spacial score (nSPS) is 11.9. The minimum absolute atomic E-state index is 0.0685. The number of anilines is 1. The third kappa shape index (κ3) is 3.73. The molecule has 0 aromatic carbocycles. The number of pyridine rings is 2. The Morgan fingerprint density at radius 2 is 1.73 bits per heavy atom. The van der Waals surface area contributed by atoms with Gasteiger partial charge in [0.1, 0.15) is 5.69 Å². The fourth-order valence-electron chi connectivity index (χ4n) is 2.15. The molecule has 0 saturated heterocycles. The van der Waals surface area contributed by atoms with Crippen LogP contribution in [-0.2, 0) is 6.18 Å². The van der Waals surface area contributed by atoms with Gasteiger partial charge in [-0.1, -0.05) is 0 Å². The monoisotopic (exact) mass is 351 g/mol. The number of alkyl halides is 5. The summed E-state index contributed by atoms with van der Waals surface area (Å²) in [5.74, 6) is 0.558. The van der Waals surface area contributed by atoms with E-state index in [0.29, 0.717) is 29.9 Å². The van der Waals surface area contributed by atoms with Crippen LogP contribution >= 0.6 is 23.2 Å². The minimum Gasteiger partial charge on any atom is -0.368 e. The van der Waals surface area contributed by atoms with E-state index in [0.717, 1.165) is 6.07 Å². The van der Waals surface area contributed by atoms with Crippen LogP contribution in [0.15, 0.2) is 18.2 Å². The van der Waals surface area contributed by atoms with Crippen molar-refractivity contribution in [2.45, 2.75) is 13.1 Å². The molecule has 2 rings (SSSR count). The lowest BCUT2D eigenvalue weighted by molar-refractivity contribution is -0.140. The molecule has 0 aliphatic rings. The van der Waals surface area contributed by atoms with Crippen molar-refractivity contribution in [1.82, 2.24) is 9.97 Å². The van der Waals surface area contributed by atoms with E-state index in [2.05, 4.69) is 9.97 Å². The van der Waals surface area contributed by atoms with Crippen LogP contribution in [0.25, 0.3) is 11.0 Å². The molecule has 2 heterocycles. The molecule has 3 nitrogen and oxygen atoms in total. The summed E-state index contributed by atoms with van der Waals surface area (Å²) in [4.78, 5) is 9.47. The Kier molecular flexibility index (Phi) is 5.34. The van der Waals surface area contributed by atoms with E-state index in [4.69, 9.17) is 23.2 Å². The van der Waals surface area contributed by atoms with Gasteiger partial charge in [0.25, 0.3) is 0 Å².